The standard InChI is InChI=1S/C16H25NO2S/c1-5-20(18,19)17-9-8-14-7-6-13(10-15(14)12-17)11-16(2,3)4/h6-7,10H,5,8-9,11-12H2,1-4H3. The summed E-state index contributed by atoms with van der Waals surface area (Å²) >= 11 is 0. The Bertz CT molecular complexity index is 585. The molecule has 4 heteroatoms. The van der Waals surface area contributed by atoms with Crippen molar-refractivity contribution in [1.29, 1.82) is 0 Å². The van der Waals surface area contributed by atoms with Gasteiger partial charge in [0.05, 0.1) is 5.75 Å². The number of benzene rings is 1. The van der Waals surface area contributed by atoms with E-state index in [0.29, 0.717) is 13.1 Å². The lowest BCUT2D eigenvalue weighted by molar-refractivity contribution is 0.389. The Morgan fingerprint density at radius 2 is 1.90 bits per heavy atom. The molecule has 0 spiro atoms. The highest BCUT2D eigenvalue weighted by Gasteiger charge is 2.25. The van der Waals surface area contributed by atoms with Crippen molar-refractivity contribution in [1.82, 2.24) is 4.31 Å². The fraction of sp³-hybridized carbons (Fsp3) is 0.625. The molecule has 1 aromatic rings. The zero-order valence-corrected chi connectivity index (χ0v) is 13.8. The van der Waals surface area contributed by atoms with Gasteiger partial charge in [0.15, 0.2) is 0 Å². The smallest absolute Gasteiger partial charge is 0.212 e. The molecule has 0 aliphatic carbocycles. The van der Waals surface area contributed by atoms with Crippen molar-refractivity contribution in [2.75, 3.05) is 12.3 Å². The van der Waals surface area contributed by atoms with E-state index in [0.717, 1.165) is 12.8 Å². The van der Waals surface area contributed by atoms with E-state index in [2.05, 4.69) is 39.0 Å². The highest BCUT2D eigenvalue weighted by molar-refractivity contribution is 7.89. The lowest BCUT2D eigenvalue weighted by Crippen LogP contribution is -2.36. The Morgan fingerprint density at radius 1 is 1.20 bits per heavy atom. The van der Waals surface area contributed by atoms with Crippen molar-refractivity contribution in [2.24, 2.45) is 5.41 Å². The Balaban J connectivity index is 2.24. The quantitative estimate of drug-likeness (QED) is 0.859. The van der Waals surface area contributed by atoms with Crippen LogP contribution in [-0.4, -0.2) is 25.0 Å². The van der Waals surface area contributed by atoms with Gasteiger partial charge in [-0.05, 0) is 41.9 Å². The topological polar surface area (TPSA) is 37.4 Å². The fourth-order valence-electron chi connectivity index (χ4n) is 2.73. The first kappa shape index (κ1) is 15.5. The molecule has 1 aliphatic rings. The lowest BCUT2D eigenvalue weighted by atomic mass is 9.86. The van der Waals surface area contributed by atoms with Crippen molar-refractivity contribution in [2.45, 2.75) is 47.1 Å². The Hall–Kier alpha value is -0.870. The van der Waals surface area contributed by atoms with Gasteiger partial charge in [0.25, 0.3) is 0 Å². The molecule has 2 rings (SSSR count). The molecule has 0 N–H and O–H groups in total. The van der Waals surface area contributed by atoms with Crippen molar-refractivity contribution < 1.29 is 8.42 Å². The Morgan fingerprint density at radius 3 is 2.50 bits per heavy atom. The van der Waals surface area contributed by atoms with Gasteiger partial charge in [0.2, 0.25) is 10.0 Å². The maximum atomic E-state index is 12.0. The minimum absolute atomic E-state index is 0.185. The molecule has 0 saturated carbocycles. The van der Waals surface area contributed by atoms with Crippen LogP contribution in [0.25, 0.3) is 0 Å². The Kier molecular flexibility index (Phi) is 4.26. The average Bonchev–Trinajstić information content (AvgIpc) is 2.36. The second kappa shape index (κ2) is 5.49. The summed E-state index contributed by atoms with van der Waals surface area (Å²) < 4.78 is 25.6. The third kappa shape index (κ3) is 3.61. The van der Waals surface area contributed by atoms with Gasteiger partial charge in [0, 0.05) is 13.1 Å². The molecule has 0 unspecified atom stereocenters. The summed E-state index contributed by atoms with van der Waals surface area (Å²) in [7, 11) is -3.08. The van der Waals surface area contributed by atoms with E-state index in [9.17, 15) is 8.42 Å². The van der Waals surface area contributed by atoms with Crippen molar-refractivity contribution in [3.05, 3.63) is 34.9 Å². The summed E-state index contributed by atoms with van der Waals surface area (Å²) in [6, 6.07) is 6.55. The molecular formula is C16H25NO2S. The van der Waals surface area contributed by atoms with Crippen molar-refractivity contribution >= 4 is 10.0 Å². The van der Waals surface area contributed by atoms with E-state index in [1.807, 2.05) is 0 Å². The van der Waals surface area contributed by atoms with E-state index in [4.69, 9.17) is 0 Å². The summed E-state index contributed by atoms with van der Waals surface area (Å²) in [5, 5.41) is 0. The number of rotatable bonds is 3. The monoisotopic (exact) mass is 295 g/mol. The van der Waals surface area contributed by atoms with E-state index < -0.39 is 10.0 Å². The highest BCUT2D eigenvalue weighted by atomic mass is 32.2. The molecule has 112 valence electrons. The van der Waals surface area contributed by atoms with Gasteiger partial charge in [-0.15, -0.1) is 0 Å². The number of fused-ring (bicyclic) bond motifs is 1. The normalized spacial score (nSPS) is 17.0. The summed E-state index contributed by atoms with van der Waals surface area (Å²) in [5.41, 5.74) is 4.02. The Labute approximate surface area is 123 Å². The largest absolute Gasteiger partial charge is 0.214 e. The van der Waals surface area contributed by atoms with Gasteiger partial charge >= 0.3 is 0 Å². The summed E-state index contributed by atoms with van der Waals surface area (Å²) in [5.74, 6) is 0.185. The minimum atomic E-state index is -3.08. The zero-order chi connectivity index (χ0) is 15.0. The maximum Gasteiger partial charge on any atom is 0.214 e. The van der Waals surface area contributed by atoms with Gasteiger partial charge in [-0.1, -0.05) is 39.0 Å². The van der Waals surface area contributed by atoms with Crippen LogP contribution in [0.5, 0.6) is 0 Å². The number of hydrogen-bond acceptors (Lipinski definition) is 2. The molecule has 0 fully saturated rings. The summed E-state index contributed by atoms with van der Waals surface area (Å²) in [6.07, 6.45) is 1.84. The molecule has 3 nitrogen and oxygen atoms in total. The lowest BCUT2D eigenvalue weighted by Gasteiger charge is -2.28. The van der Waals surface area contributed by atoms with Crippen LogP contribution in [0.1, 0.15) is 44.4 Å². The van der Waals surface area contributed by atoms with Gasteiger partial charge in [-0.3, -0.25) is 0 Å². The molecule has 0 aromatic heterocycles. The molecular weight excluding hydrogens is 270 g/mol. The molecule has 0 bridgehead atoms. The second-order valence-electron chi connectivity index (χ2n) is 6.82. The maximum absolute atomic E-state index is 12.0. The van der Waals surface area contributed by atoms with Crippen LogP contribution in [0, 0.1) is 5.41 Å². The predicted octanol–water partition coefficient (Wildman–Crippen LogP) is 2.98. The van der Waals surface area contributed by atoms with Gasteiger partial charge < -0.3 is 0 Å². The van der Waals surface area contributed by atoms with Crippen LogP contribution in [0.2, 0.25) is 0 Å². The van der Waals surface area contributed by atoms with E-state index >= 15 is 0 Å². The summed E-state index contributed by atoms with van der Waals surface area (Å²) in [4.78, 5) is 0. The molecule has 0 saturated heterocycles. The highest BCUT2D eigenvalue weighted by Crippen LogP contribution is 2.26. The van der Waals surface area contributed by atoms with Crippen LogP contribution >= 0.6 is 0 Å². The molecule has 1 aliphatic heterocycles. The van der Waals surface area contributed by atoms with E-state index in [-0.39, 0.29) is 11.2 Å². The third-order valence-corrected chi connectivity index (χ3v) is 5.57. The van der Waals surface area contributed by atoms with E-state index in [1.54, 1.807) is 11.2 Å². The SMILES string of the molecule is CCS(=O)(=O)N1CCc2ccc(CC(C)(C)C)cc2C1. The van der Waals surface area contributed by atoms with E-state index in [1.165, 1.54) is 16.7 Å². The first-order chi connectivity index (χ1) is 9.21. The molecule has 0 radical (unpaired) electrons. The molecule has 1 aromatic carbocycles. The van der Waals surface area contributed by atoms with Crippen LogP contribution in [0.3, 0.4) is 0 Å². The number of hydrogen-bond donors (Lipinski definition) is 0. The van der Waals surface area contributed by atoms with Gasteiger partial charge in [-0.2, -0.15) is 4.31 Å². The van der Waals surface area contributed by atoms with Gasteiger partial charge in [-0.25, -0.2) is 8.42 Å². The van der Waals surface area contributed by atoms with Crippen LogP contribution < -0.4 is 0 Å². The number of nitrogens with zero attached hydrogens (tertiary/aromatic N) is 1. The second-order valence-corrected chi connectivity index (χ2v) is 9.08. The number of sulfonamides is 1. The molecule has 0 atom stereocenters. The molecule has 0 amide bonds. The van der Waals surface area contributed by atoms with Crippen molar-refractivity contribution in [3.63, 3.8) is 0 Å². The van der Waals surface area contributed by atoms with Crippen molar-refractivity contribution in [3.8, 4) is 0 Å². The van der Waals surface area contributed by atoms with Crippen LogP contribution in [-0.2, 0) is 29.4 Å². The molecule has 1 heterocycles. The van der Waals surface area contributed by atoms with Gasteiger partial charge in [0.1, 0.15) is 0 Å². The molecule has 20 heavy (non-hydrogen) atoms. The summed E-state index contributed by atoms with van der Waals surface area (Å²) in [6.45, 7) is 9.52. The third-order valence-electron chi connectivity index (χ3n) is 3.74. The predicted molar refractivity (Wildman–Crippen MR) is 83.2 cm³/mol. The van der Waals surface area contributed by atoms with Crippen LogP contribution in [0.4, 0.5) is 0 Å². The first-order valence-corrected chi connectivity index (χ1v) is 8.91. The van der Waals surface area contributed by atoms with Crippen LogP contribution in [0.15, 0.2) is 18.2 Å². The zero-order valence-electron chi connectivity index (χ0n) is 12.9. The minimum Gasteiger partial charge on any atom is -0.212 e. The first-order valence-electron chi connectivity index (χ1n) is 7.30. The fourth-order valence-corrected chi connectivity index (χ4v) is 3.80. The average molecular weight is 295 g/mol.